The van der Waals surface area contributed by atoms with Gasteiger partial charge in [-0.25, -0.2) is 4.98 Å². The zero-order valence-electron chi connectivity index (χ0n) is 19.6. The molecule has 0 amide bonds. The maximum atomic E-state index is 13.6. The van der Waals surface area contributed by atoms with Crippen LogP contribution >= 0.6 is 23.8 Å². The van der Waals surface area contributed by atoms with Gasteiger partial charge in [-0.1, -0.05) is 55.8 Å². The van der Waals surface area contributed by atoms with Crippen molar-refractivity contribution in [3.63, 3.8) is 0 Å². The van der Waals surface area contributed by atoms with Crippen molar-refractivity contribution >= 4 is 40.7 Å². The van der Waals surface area contributed by atoms with E-state index < -0.39 is 11.9 Å². The second-order valence-electron chi connectivity index (χ2n) is 9.49. The van der Waals surface area contributed by atoms with Gasteiger partial charge in [0.2, 0.25) is 5.95 Å². The van der Waals surface area contributed by atoms with Crippen LogP contribution in [0.3, 0.4) is 0 Å². The summed E-state index contributed by atoms with van der Waals surface area (Å²) in [6.07, 6.45) is 4.79. The van der Waals surface area contributed by atoms with E-state index in [1.807, 2.05) is 23.1 Å². The number of hydrogen-bond acceptors (Lipinski definition) is 4. The van der Waals surface area contributed by atoms with Gasteiger partial charge in [0.1, 0.15) is 5.82 Å². The molecule has 2 aliphatic rings. The van der Waals surface area contributed by atoms with E-state index in [0.717, 1.165) is 63.0 Å². The molecule has 1 aromatic heterocycles. The highest BCUT2D eigenvalue weighted by Crippen LogP contribution is 2.40. The number of thiocarbonyl (C=S) groups is 1. The number of aromatic nitrogens is 2. The molecule has 1 saturated carbocycles. The molecule has 35 heavy (non-hydrogen) atoms. The van der Waals surface area contributed by atoms with E-state index in [1.165, 1.54) is 6.42 Å². The Kier molecular flexibility index (Phi) is 8.37. The minimum absolute atomic E-state index is 0.138. The highest BCUT2D eigenvalue weighted by atomic mass is 35.5. The van der Waals surface area contributed by atoms with E-state index in [4.69, 9.17) is 23.8 Å². The molecule has 0 radical (unpaired) electrons. The van der Waals surface area contributed by atoms with Crippen LogP contribution in [0.25, 0.3) is 0 Å². The van der Waals surface area contributed by atoms with Gasteiger partial charge in [0.25, 0.3) is 0 Å². The Balaban J connectivity index is 1.50. The van der Waals surface area contributed by atoms with Gasteiger partial charge in [0.15, 0.2) is 10.8 Å². The lowest BCUT2D eigenvalue weighted by Crippen LogP contribution is -2.43. The standard InChI is InChI=1S/C25H31ClF3N5S/c26-19-10-8-9-18(15-19)24(11-4-3-5-12-24)17-30-23(35)33-22-31-20(25(27,28)29)16-21(32-22)34-13-6-1-2-7-14-34/h8-10,15-16H,1-7,11-14,17H2,(H2,30,31,32,33,35). The molecule has 4 rings (SSSR count). The predicted molar refractivity (Wildman–Crippen MR) is 138 cm³/mol. The molecule has 1 saturated heterocycles. The van der Waals surface area contributed by atoms with E-state index in [1.54, 1.807) is 0 Å². The van der Waals surface area contributed by atoms with Gasteiger partial charge in [-0.05, 0) is 55.6 Å². The summed E-state index contributed by atoms with van der Waals surface area (Å²) in [6.45, 7) is 1.91. The molecule has 0 spiro atoms. The number of anilines is 2. The third-order valence-electron chi connectivity index (χ3n) is 6.99. The normalized spacial score (nSPS) is 18.6. The number of benzene rings is 1. The lowest BCUT2D eigenvalue weighted by atomic mass is 9.69. The molecule has 1 aromatic carbocycles. The molecule has 0 bridgehead atoms. The zero-order chi connectivity index (χ0) is 24.9. The summed E-state index contributed by atoms with van der Waals surface area (Å²) in [4.78, 5) is 10.0. The molecule has 10 heteroatoms. The van der Waals surface area contributed by atoms with E-state index in [2.05, 4.69) is 26.7 Å². The lowest BCUT2D eigenvalue weighted by Gasteiger charge is -2.38. The molecule has 5 nitrogen and oxygen atoms in total. The highest BCUT2D eigenvalue weighted by molar-refractivity contribution is 7.80. The average Bonchev–Trinajstić information content (AvgIpc) is 3.12. The Bertz CT molecular complexity index is 1020. The molecule has 0 atom stereocenters. The summed E-state index contributed by atoms with van der Waals surface area (Å²) >= 11 is 11.7. The summed E-state index contributed by atoms with van der Waals surface area (Å²) < 4.78 is 40.8. The SMILES string of the molecule is FC(F)(F)c1cc(N2CCCCCC2)nc(NC(=S)NCC2(c3cccc(Cl)c3)CCCCC2)n1. The summed E-state index contributed by atoms with van der Waals surface area (Å²) in [5, 5.41) is 6.94. The number of hydrogen-bond donors (Lipinski definition) is 2. The van der Waals surface area contributed by atoms with Crippen molar-refractivity contribution in [1.29, 1.82) is 0 Å². The molecular weight excluding hydrogens is 495 g/mol. The first-order valence-electron chi connectivity index (χ1n) is 12.3. The molecule has 190 valence electrons. The van der Waals surface area contributed by atoms with Crippen LogP contribution in [-0.2, 0) is 11.6 Å². The quantitative estimate of drug-likeness (QED) is 0.423. The summed E-state index contributed by atoms with van der Waals surface area (Å²) in [7, 11) is 0. The predicted octanol–water partition coefficient (Wildman–Crippen LogP) is 6.72. The average molecular weight is 526 g/mol. The van der Waals surface area contributed by atoms with Crippen LogP contribution in [-0.4, -0.2) is 34.7 Å². The monoisotopic (exact) mass is 525 g/mol. The second-order valence-corrected chi connectivity index (χ2v) is 10.3. The number of nitrogens with one attached hydrogen (secondary N) is 2. The van der Waals surface area contributed by atoms with Crippen LogP contribution in [0.4, 0.5) is 24.9 Å². The van der Waals surface area contributed by atoms with Crippen LogP contribution in [0.5, 0.6) is 0 Å². The third-order valence-corrected chi connectivity index (χ3v) is 7.47. The molecule has 1 aliphatic heterocycles. The minimum atomic E-state index is -4.58. The van der Waals surface area contributed by atoms with Gasteiger partial charge < -0.3 is 15.5 Å². The highest BCUT2D eigenvalue weighted by Gasteiger charge is 2.36. The van der Waals surface area contributed by atoms with Crippen molar-refractivity contribution in [2.75, 3.05) is 29.9 Å². The Morgan fingerprint density at radius 1 is 1.00 bits per heavy atom. The van der Waals surface area contributed by atoms with E-state index >= 15 is 0 Å². The topological polar surface area (TPSA) is 53.1 Å². The van der Waals surface area contributed by atoms with Crippen molar-refractivity contribution in [2.24, 2.45) is 0 Å². The number of nitrogens with zero attached hydrogens (tertiary/aromatic N) is 3. The van der Waals surface area contributed by atoms with E-state index in [0.29, 0.717) is 24.7 Å². The van der Waals surface area contributed by atoms with Crippen molar-refractivity contribution in [1.82, 2.24) is 15.3 Å². The van der Waals surface area contributed by atoms with Gasteiger partial charge in [-0.15, -0.1) is 0 Å². The fourth-order valence-corrected chi connectivity index (χ4v) is 5.46. The smallest absolute Gasteiger partial charge is 0.361 e. The van der Waals surface area contributed by atoms with E-state index in [-0.39, 0.29) is 22.3 Å². The second kappa shape index (κ2) is 11.3. The Hall–Kier alpha value is -2.13. The fourth-order valence-electron chi connectivity index (χ4n) is 5.11. The summed E-state index contributed by atoms with van der Waals surface area (Å²) in [6, 6.07) is 8.91. The lowest BCUT2D eigenvalue weighted by molar-refractivity contribution is -0.141. The first-order valence-corrected chi connectivity index (χ1v) is 13.1. The van der Waals surface area contributed by atoms with E-state index in [9.17, 15) is 13.2 Å². The number of alkyl halides is 3. The Morgan fingerprint density at radius 3 is 2.34 bits per heavy atom. The van der Waals surface area contributed by atoms with Gasteiger partial charge in [0, 0.05) is 36.1 Å². The molecule has 1 aliphatic carbocycles. The van der Waals surface area contributed by atoms with Crippen molar-refractivity contribution in [3.05, 3.63) is 46.6 Å². The maximum Gasteiger partial charge on any atom is 0.433 e. The van der Waals surface area contributed by atoms with Crippen molar-refractivity contribution in [3.8, 4) is 0 Å². The van der Waals surface area contributed by atoms with Gasteiger partial charge in [-0.3, -0.25) is 0 Å². The Labute approximate surface area is 214 Å². The van der Waals surface area contributed by atoms with Gasteiger partial charge >= 0.3 is 6.18 Å². The fraction of sp³-hybridized carbons (Fsp3) is 0.560. The number of halogens is 4. The van der Waals surface area contributed by atoms with Gasteiger partial charge in [-0.2, -0.15) is 18.2 Å². The zero-order valence-corrected chi connectivity index (χ0v) is 21.2. The van der Waals surface area contributed by atoms with Crippen LogP contribution in [0.2, 0.25) is 5.02 Å². The summed E-state index contributed by atoms with van der Waals surface area (Å²) in [5.41, 5.74) is 0.0410. The summed E-state index contributed by atoms with van der Waals surface area (Å²) in [5.74, 6) is 0.138. The van der Waals surface area contributed by atoms with Crippen molar-refractivity contribution < 1.29 is 13.2 Å². The van der Waals surface area contributed by atoms with Gasteiger partial charge in [0.05, 0.1) is 0 Å². The Morgan fingerprint density at radius 2 is 1.69 bits per heavy atom. The first-order chi connectivity index (χ1) is 16.7. The minimum Gasteiger partial charge on any atom is -0.361 e. The third kappa shape index (κ3) is 6.76. The number of rotatable bonds is 5. The van der Waals surface area contributed by atoms with Crippen LogP contribution in [0.1, 0.15) is 69.0 Å². The molecule has 2 N–H and O–H groups in total. The van der Waals surface area contributed by atoms with Crippen molar-refractivity contribution in [2.45, 2.75) is 69.4 Å². The maximum absolute atomic E-state index is 13.6. The van der Waals surface area contributed by atoms with Crippen LogP contribution in [0, 0.1) is 0 Å². The molecule has 2 fully saturated rings. The largest absolute Gasteiger partial charge is 0.433 e. The molecule has 0 unspecified atom stereocenters. The molecule has 2 heterocycles. The van der Waals surface area contributed by atoms with Crippen LogP contribution < -0.4 is 15.5 Å². The molecular formula is C25H31ClF3N5S. The van der Waals surface area contributed by atoms with Crippen LogP contribution in [0.15, 0.2) is 30.3 Å². The molecule has 2 aromatic rings. The first kappa shape index (κ1) is 25.9.